The minimum absolute atomic E-state index is 0.169. The van der Waals surface area contributed by atoms with Gasteiger partial charge in [0.1, 0.15) is 16.4 Å². The largest absolute Gasteiger partial charge is 0.465 e. The molecule has 0 radical (unpaired) electrons. The summed E-state index contributed by atoms with van der Waals surface area (Å²) in [6.45, 7) is 4.09. The van der Waals surface area contributed by atoms with Crippen LogP contribution in [0.2, 0.25) is 0 Å². The number of nitrogens with one attached hydrogen (secondary N) is 1. The predicted molar refractivity (Wildman–Crippen MR) is 77.8 cm³/mol. The van der Waals surface area contributed by atoms with Crippen molar-refractivity contribution in [3.05, 3.63) is 17.1 Å². The monoisotopic (exact) mass is 300 g/mol. The van der Waals surface area contributed by atoms with Gasteiger partial charge in [0.05, 0.1) is 0 Å². The van der Waals surface area contributed by atoms with Gasteiger partial charge in [-0.05, 0) is 32.6 Å². The Balaban J connectivity index is 2.13. The average Bonchev–Trinajstić information content (AvgIpc) is 2.72. The Morgan fingerprint density at radius 1 is 1.20 bits per heavy atom. The normalized spacial score (nSPS) is 17.6. The first-order valence-corrected chi connectivity index (χ1v) is 8.72. The van der Waals surface area contributed by atoms with Crippen molar-refractivity contribution in [2.24, 2.45) is 11.7 Å². The van der Waals surface area contributed by atoms with Crippen molar-refractivity contribution in [3.8, 4) is 0 Å². The van der Waals surface area contributed by atoms with Gasteiger partial charge in [-0.3, -0.25) is 0 Å². The summed E-state index contributed by atoms with van der Waals surface area (Å²) in [5.74, 6) is 1.45. The third-order valence-corrected chi connectivity index (χ3v) is 5.70. The van der Waals surface area contributed by atoms with E-state index in [-0.39, 0.29) is 11.4 Å². The maximum Gasteiger partial charge on any atom is 0.244 e. The smallest absolute Gasteiger partial charge is 0.244 e. The summed E-state index contributed by atoms with van der Waals surface area (Å²) < 4.78 is 33.1. The van der Waals surface area contributed by atoms with Crippen LogP contribution < -0.4 is 10.5 Å². The number of sulfonamides is 1. The molecule has 0 aliphatic heterocycles. The highest BCUT2D eigenvalue weighted by Crippen LogP contribution is 2.27. The molecule has 0 bridgehead atoms. The third-order valence-electron chi connectivity index (χ3n) is 4.08. The van der Waals surface area contributed by atoms with Crippen LogP contribution in [0.25, 0.3) is 0 Å². The number of hydrogen-bond acceptors (Lipinski definition) is 4. The van der Waals surface area contributed by atoms with Gasteiger partial charge >= 0.3 is 0 Å². The molecular weight excluding hydrogens is 276 g/mol. The summed E-state index contributed by atoms with van der Waals surface area (Å²) >= 11 is 0. The molecule has 1 aromatic heterocycles. The molecule has 20 heavy (non-hydrogen) atoms. The van der Waals surface area contributed by atoms with Gasteiger partial charge in [-0.15, -0.1) is 0 Å². The molecular formula is C14H24N2O3S. The Morgan fingerprint density at radius 2 is 1.85 bits per heavy atom. The fourth-order valence-corrected chi connectivity index (χ4v) is 4.56. The highest BCUT2D eigenvalue weighted by atomic mass is 32.2. The summed E-state index contributed by atoms with van der Waals surface area (Å²) in [4.78, 5) is 0.230. The lowest BCUT2D eigenvalue weighted by Crippen LogP contribution is -2.31. The van der Waals surface area contributed by atoms with E-state index in [1.807, 2.05) is 0 Å². The molecule has 0 aromatic carbocycles. The maximum atomic E-state index is 12.5. The number of aryl methyl sites for hydroxylation is 2. The molecule has 3 N–H and O–H groups in total. The van der Waals surface area contributed by atoms with Crippen LogP contribution in [-0.2, 0) is 16.6 Å². The van der Waals surface area contributed by atoms with Crippen molar-refractivity contribution in [2.45, 2.75) is 57.4 Å². The number of rotatable bonds is 5. The Hall–Kier alpha value is -0.850. The van der Waals surface area contributed by atoms with Crippen molar-refractivity contribution < 1.29 is 12.8 Å². The van der Waals surface area contributed by atoms with Crippen LogP contribution in [0.3, 0.4) is 0 Å². The van der Waals surface area contributed by atoms with Crippen LogP contribution in [0.1, 0.15) is 49.2 Å². The van der Waals surface area contributed by atoms with E-state index in [9.17, 15) is 8.42 Å². The first-order valence-electron chi connectivity index (χ1n) is 7.24. The van der Waals surface area contributed by atoms with Gasteiger partial charge in [-0.1, -0.05) is 19.3 Å². The van der Waals surface area contributed by atoms with E-state index in [4.69, 9.17) is 10.2 Å². The lowest BCUT2D eigenvalue weighted by Gasteiger charge is -2.21. The zero-order valence-corrected chi connectivity index (χ0v) is 13.1. The molecule has 1 aromatic rings. The van der Waals surface area contributed by atoms with Crippen molar-refractivity contribution in [2.75, 3.05) is 6.54 Å². The highest BCUT2D eigenvalue weighted by Gasteiger charge is 2.27. The van der Waals surface area contributed by atoms with Gasteiger partial charge in [0.25, 0.3) is 0 Å². The quantitative estimate of drug-likeness (QED) is 0.873. The van der Waals surface area contributed by atoms with E-state index in [1.54, 1.807) is 13.8 Å². The Morgan fingerprint density at radius 3 is 2.45 bits per heavy atom. The molecule has 1 aliphatic rings. The van der Waals surface area contributed by atoms with Crippen LogP contribution in [-0.4, -0.2) is 15.0 Å². The van der Waals surface area contributed by atoms with Gasteiger partial charge in [-0.25, -0.2) is 13.1 Å². The molecule has 1 saturated carbocycles. The van der Waals surface area contributed by atoms with E-state index in [0.29, 0.717) is 29.5 Å². The lowest BCUT2D eigenvalue weighted by molar-refractivity contribution is 0.357. The fourth-order valence-electron chi connectivity index (χ4n) is 2.99. The first-order chi connectivity index (χ1) is 9.45. The van der Waals surface area contributed by atoms with Gasteiger partial charge in [-0.2, -0.15) is 0 Å². The molecule has 0 amide bonds. The van der Waals surface area contributed by atoms with Crippen LogP contribution >= 0.6 is 0 Å². The molecule has 5 nitrogen and oxygen atoms in total. The zero-order chi connectivity index (χ0) is 14.8. The van der Waals surface area contributed by atoms with Gasteiger partial charge in [0.15, 0.2) is 0 Å². The van der Waals surface area contributed by atoms with Crippen LogP contribution in [0.5, 0.6) is 0 Å². The number of hydrogen-bond donors (Lipinski definition) is 2. The second kappa shape index (κ2) is 6.28. The SMILES string of the molecule is Cc1oc(C)c(S(=O)(=O)NCC2CCCCC2)c1CN. The minimum Gasteiger partial charge on any atom is -0.465 e. The Bertz CT molecular complexity index is 557. The van der Waals surface area contributed by atoms with E-state index in [0.717, 1.165) is 12.8 Å². The van der Waals surface area contributed by atoms with Gasteiger partial charge in [0.2, 0.25) is 10.0 Å². The average molecular weight is 300 g/mol. The van der Waals surface area contributed by atoms with E-state index >= 15 is 0 Å². The Kier molecular flexibility index (Phi) is 4.88. The van der Waals surface area contributed by atoms with E-state index < -0.39 is 10.0 Å². The minimum atomic E-state index is -3.54. The van der Waals surface area contributed by atoms with Crippen LogP contribution in [0, 0.1) is 19.8 Å². The summed E-state index contributed by atoms with van der Waals surface area (Å²) in [7, 11) is -3.54. The van der Waals surface area contributed by atoms with Crippen molar-refractivity contribution in [1.29, 1.82) is 0 Å². The third kappa shape index (κ3) is 3.24. The number of nitrogens with two attached hydrogens (primary N) is 1. The molecule has 0 atom stereocenters. The molecule has 114 valence electrons. The van der Waals surface area contributed by atoms with E-state index in [1.165, 1.54) is 19.3 Å². The van der Waals surface area contributed by atoms with Crippen LogP contribution in [0.4, 0.5) is 0 Å². The van der Waals surface area contributed by atoms with Crippen molar-refractivity contribution >= 4 is 10.0 Å². The molecule has 1 aliphatic carbocycles. The first kappa shape index (κ1) is 15.5. The van der Waals surface area contributed by atoms with E-state index in [2.05, 4.69) is 4.72 Å². The van der Waals surface area contributed by atoms with Gasteiger partial charge in [0, 0.05) is 18.7 Å². The maximum absolute atomic E-state index is 12.5. The Labute approximate surface area is 121 Å². The predicted octanol–water partition coefficient (Wildman–Crippen LogP) is 2.21. The van der Waals surface area contributed by atoms with Gasteiger partial charge < -0.3 is 10.2 Å². The lowest BCUT2D eigenvalue weighted by atomic mass is 9.90. The van der Waals surface area contributed by atoms with Crippen molar-refractivity contribution in [1.82, 2.24) is 4.72 Å². The zero-order valence-electron chi connectivity index (χ0n) is 12.2. The second-order valence-electron chi connectivity index (χ2n) is 5.58. The summed E-state index contributed by atoms with van der Waals surface area (Å²) in [5.41, 5.74) is 6.23. The molecule has 6 heteroatoms. The van der Waals surface area contributed by atoms with Crippen molar-refractivity contribution in [3.63, 3.8) is 0 Å². The molecule has 0 saturated heterocycles. The molecule has 0 spiro atoms. The summed E-state index contributed by atoms with van der Waals surface area (Å²) in [5, 5.41) is 0. The van der Waals surface area contributed by atoms with Crippen LogP contribution in [0.15, 0.2) is 9.31 Å². The fraction of sp³-hybridized carbons (Fsp3) is 0.714. The summed E-state index contributed by atoms with van der Waals surface area (Å²) in [6, 6.07) is 0. The number of furan rings is 1. The molecule has 1 fully saturated rings. The highest BCUT2D eigenvalue weighted by molar-refractivity contribution is 7.89. The standard InChI is InChI=1S/C14H24N2O3S/c1-10-13(8-15)14(11(2)19-10)20(17,18)16-9-12-6-4-3-5-7-12/h12,16H,3-9,15H2,1-2H3. The second-order valence-corrected chi connectivity index (χ2v) is 7.29. The molecule has 1 heterocycles. The summed E-state index contributed by atoms with van der Waals surface area (Å²) in [6.07, 6.45) is 5.88. The topological polar surface area (TPSA) is 85.3 Å². The molecule has 2 rings (SSSR count). The molecule has 0 unspecified atom stereocenters.